The molecule has 2 unspecified atom stereocenters. The molecule has 0 saturated heterocycles. The highest BCUT2D eigenvalue weighted by molar-refractivity contribution is 5.42. The largest absolute Gasteiger partial charge is 0.497 e. The minimum Gasteiger partial charge on any atom is -0.497 e. The van der Waals surface area contributed by atoms with Crippen LogP contribution in [-0.4, -0.2) is 19.8 Å². The fraction of sp³-hybridized carbons (Fsp3) is 0.667. The zero-order valence-electron chi connectivity index (χ0n) is 13.4. The van der Waals surface area contributed by atoms with Gasteiger partial charge in [0.1, 0.15) is 5.75 Å². The highest BCUT2D eigenvalue weighted by Crippen LogP contribution is 2.34. The Morgan fingerprint density at radius 3 is 2.67 bits per heavy atom. The molecule has 1 aliphatic carbocycles. The van der Waals surface area contributed by atoms with Crippen molar-refractivity contribution in [2.24, 2.45) is 5.73 Å². The summed E-state index contributed by atoms with van der Waals surface area (Å²) >= 11 is 0. The van der Waals surface area contributed by atoms with Gasteiger partial charge in [0.05, 0.1) is 19.3 Å². The molecule has 3 heteroatoms. The average Bonchev–Trinajstić information content (AvgIpc) is 2.82. The van der Waals surface area contributed by atoms with Crippen LogP contribution < -0.4 is 10.5 Å². The van der Waals surface area contributed by atoms with Crippen LogP contribution in [0.2, 0.25) is 0 Å². The van der Waals surface area contributed by atoms with Crippen molar-refractivity contribution in [3.63, 3.8) is 0 Å². The predicted octanol–water partition coefficient (Wildman–Crippen LogP) is 4.00. The zero-order chi connectivity index (χ0) is 15.1. The van der Waals surface area contributed by atoms with E-state index in [1.54, 1.807) is 7.11 Å². The van der Waals surface area contributed by atoms with E-state index in [-0.39, 0.29) is 12.1 Å². The molecule has 2 N–H and O–H groups in total. The predicted molar refractivity (Wildman–Crippen MR) is 86.7 cm³/mol. The van der Waals surface area contributed by atoms with E-state index >= 15 is 0 Å². The van der Waals surface area contributed by atoms with Crippen LogP contribution in [0.25, 0.3) is 0 Å². The Kier molecular flexibility index (Phi) is 6.52. The first-order valence-corrected chi connectivity index (χ1v) is 8.30. The minimum atomic E-state index is -0.0183. The third kappa shape index (κ3) is 4.45. The van der Waals surface area contributed by atoms with Gasteiger partial charge in [-0.2, -0.15) is 0 Å². The minimum absolute atomic E-state index is 0.0183. The molecule has 0 aromatic heterocycles. The summed E-state index contributed by atoms with van der Waals surface area (Å²) in [6.07, 6.45) is 8.80. The molecule has 3 nitrogen and oxygen atoms in total. The molecule has 0 aliphatic heterocycles. The lowest BCUT2D eigenvalue weighted by Gasteiger charge is -2.17. The molecule has 0 saturated carbocycles. The molecule has 1 aromatic carbocycles. The lowest BCUT2D eigenvalue weighted by atomic mass is 10.1. The summed E-state index contributed by atoms with van der Waals surface area (Å²) in [7, 11) is 1.69. The molecule has 0 spiro atoms. The van der Waals surface area contributed by atoms with Crippen molar-refractivity contribution in [2.45, 2.75) is 64.0 Å². The van der Waals surface area contributed by atoms with Crippen LogP contribution >= 0.6 is 0 Å². The van der Waals surface area contributed by atoms with Gasteiger partial charge in [0.15, 0.2) is 0 Å². The van der Waals surface area contributed by atoms with Gasteiger partial charge in [-0.3, -0.25) is 0 Å². The molecule has 21 heavy (non-hydrogen) atoms. The van der Waals surface area contributed by atoms with Crippen LogP contribution in [-0.2, 0) is 11.2 Å². The maximum Gasteiger partial charge on any atom is 0.119 e. The summed E-state index contributed by atoms with van der Waals surface area (Å²) in [4.78, 5) is 0. The van der Waals surface area contributed by atoms with Gasteiger partial charge in [0, 0.05) is 13.0 Å². The summed E-state index contributed by atoms with van der Waals surface area (Å²) in [5, 5.41) is 0. The fourth-order valence-electron chi connectivity index (χ4n) is 3.02. The molecule has 0 radical (unpaired) electrons. The Hall–Kier alpha value is -1.06. The van der Waals surface area contributed by atoms with E-state index < -0.39 is 0 Å². The first-order chi connectivity index (χ1) is 10.3. The number of hydrogen-bond acceptors (Lipinski definition) is 3. The molecule has 1 aromatic rings. The van der Waals surface area contributed by atoms with Crippen LogP contribution in [0.1, 0.15) is 62.6 Å². The van der Waals surface area contributed by atoms with Crippen LogP contribution in [0.15, 0.2) is 18.2 Å². The maximum absolute atomic E-state index is 6.31. The second-order valence-electron chi connectivity index (χ2n) is 5.97. The number of benzene rings is 1. The number of hydrogen-bond donors (Lipinski definition) is 1. The zero-order valence-corrected chi connectivity index (χ0v) is 13.4. The first-order valence-electron chi connectivity index (χ1n) is 8.30. The second-order valence-corrected chi connectivity index (χ2v) is 5.97. The quantitative estimate of drug-likeness (QED) is 0.699. The van der Waals surface area contributed by atoms with Gasteiger partial charge in [-0.05, 0) is 29.7 Å². The third-order valence-corrected chi connectivity index (χ3v) is 4.36. The van der Waals surface area contributed by atoms with Crippen molar-refractivity contribution in [2.75, 3.05) is 13.7 Å². The highest BCUT2D eigenvalue weighted by Gasteiger charge is 2.30. The van der Waals surface area contributed by atoms with Crippen LogP contribution in [0.4, 0.5) is 0 Å². The van der Waals surface area contributed by atoms with Gasteiger partial charge in [-0.1, -0.05) is 45.1 Å². The van der Waals surface area contributed by atoms with E-state index in [9.17, 15) is 0 Å². The Bertz CT molecular complexity index is 433. The molecule has 0 fully saturated rings. The van der Waals surface area contributed by atoms with Crippen molar-refractivity contribution < 1.29 is 9.47 Å². The molecular formula is C18H29NO2. The molecule has 2 rings (SSSR count). The lowest BCUT2D eigenvalue weighted by molar-refractivity contribution is 0.0411. The topological polar surface area (TPSA) is 44.5 Å². The monoisotopic (exact) mass is 291 g/mol. The fourth-order valence-corrected chi connectivity index (χ4v) is 3.02. The summed E-state index contributed by atoms with van der Waals surface area (Å²) in [6, 6.07) is 6.15. The number of rotatable bonds is 9. The van der Waals surface area contributed by atoms with Crippen LogP contribution in [0.5, 0.6) is 5.75 Å². The van der Waals surface area contributed by atoms with Crippen molar-refractivity contribution in [3.05, 3.63) is 29.3 Å². The molecule has 2 atom stereocenters. The summed E-state index contributed by atoms with van der Waals surface area (Å²) in [6.45, 7) is 3.08. The number of fused-ring (bicyclic) bond motifs is 1. The molecule has 0 heterocycles. The van der Waals surface area contributed by atoms with Gasteiger partial charge in [-0.15, -0.1) is 0 Å². The van der Waals surface area contributed by atoms with Crippen molar-refractivity contribution in [1.82, 2.24) is 0 Å². The van der Waals surface area contributed by atoms with Gasteiger partial charge < -0.3 is 15.2 Å². The normalized spacial score (nSPS) is 20.5. The van der Waals surface area contributed by atoms with E-state index in [0.717, 1.165) is 25.2 Å². The Morgan fingerprint density at radius 1 is 1.14 bits per heavy atom. The van der Waals surface area contributed by atoms with E-state index in [1.165, 1.54) is 43.2 Å². The first kappa shape index (κ1) is 16.3. The maximum atomic E-state index is 6.31. The van der Waals surface area contributed by atoms with Gasteiger partial charge in [0.25, 0.3) is 0 Å². The van der Waals surface area contributed by atoms with E-state index in [2.05, 4.69) is 13.0 Å². The number of nitrogens with two attached hydrogens (primary N) is 1. The number of methoxy groups -OCH3 is 1. The molecular weight excluding hydrogens is 262 g/mol. The second kappa shape index (κ2) is 8.40. The van der Waals surface area contributed by atoms with Crippen LogP contribution in [0, 0.1) is 0 Å². The molecule has 118 valence electrons. The standard InChI is InChI=1S/C18H29NO2/c1-3-4-5-6-7-8-11-21-17-12-14-9-10-15(20-2)13-16(14)18(17)19/h9-10,13,17-18H,3-8,11-12,19H2,1-2H3. The highest BCUT2D eigenvalue weighted by atomic mass is 16.5. The van der Waals surface area contributed by atoms with Crippen molar-refractivity contribution in [1.29, 1.82) is 0 Å². The average molecular weight is 291 g/mol. The molecule has 0 amide bonds. The Labute approximate surface area is 128 Å². The third-order valence-electron chi connectivity index (χ3n) is 4.36. The van der Waals surface area contributed by atoms with Crippen LogP contribution in [0.3, 0.4) is 0 Å². The van der Waals surface area contributed by atoms with E-state index in [1.807, 2.05) is 12.1 Å². The van der Waals surface area contributed by atoms with Crippen molar-refractivity contribution in [3.8, 4) is 5.75 Å². The smallest absolute Gasteiger partial charge is 0.119 e. The SMILES string of the molecule is CCCCCCCCOC1Cc2ccc(OC)cc2C1N. The Balaban J connectivity index is 1.72. The summed E-state index contributed by atoms with van der Waals surface area (Å²) in [5.41, 5.74) is 8.80. The van der Waals surface area contributed by atoms with Gasteiger partial charge in [-0.25, -0.2) is 0 Å². The van der Waals surface area contributed by atoms with Gasteiger partial charge in [0.2, 0.25) is 0 Å². The number of unbranched alkanes of at least 4 members (excludes halogenated alkanes) is 5. The molecule has 1 aliphatic rings. The Morgan fingerprint density at radius 2 is 1.90 bits per heavy atom. The number of ether oxygens (including phenoxy) is 2. The summed E-state index contributed by atoms with van der Waals surface area (Å²) < 4.78 is 11.3. The van der Waals surface area contributed by atoms with E-state index in [0.29, 0.717) is 0 Å². The van der Waals surface area contributed by atoms with Crippen molar-refractivity contribution >= 4 is 0 Å². The molecule has 0 bridgehead atoms. The lowest BCUT2D eigenvalue weighted by Crippen LogP contribution is -2.25. The van der Waals surface area contributed by atoms with E-state index in [4.69, 9.17) is 15.2 Å². The summed E-state index contributed by atoms with van der Waals surface area (Å²) in [5.74, 6) is 0.876. The van der Waals surface area contributed by atoms with Gasteiger partial charge >= 0.3 is 0 Å².